The summed E-state index contributed by atoms with van der Waals surface area (Å²) in [6, 6.07) is 8.49. The predicted octanol–water partition coefficient (Wildman–Crippen LogP) is 2.20. The number of aromatic amines is 1. The minimum absolute atomic E-state index is 0.434. The number of hydrogen-bond acceptors (Lipinski definition) is 6. The molecule has 8 heteroatoms. The van der Waals surface area contributed by atoms with E-state index in [0.29, 0.717) is 31.4 Å². The van der Waals surface area contributed by atoms with Crippen molar-refractivity contribution in [2.75, 3.05) is 11.4 Å². The Morgan fingerprint density at radius 1 is 1.15 bits per heavy atom. The lowest BCUT2D eigenvalue weighted by molar-refractivity contribution is 0.510. The molecule has 0 radical (unpaired) electrons. The fourth-order valence-electron chi connectivity index (χ4n) is 3.03. The SMILES string of the molecule is CC(C)c1ccc(-c2csc(N3CCn4c(n[nH]c(=O)c4=O)C3)n2)cc1. The van der Waals surface area contributed by atoms with Gasteiger partial charge in [-0.05, 0) is 11.5 Å². The smallest absolute Gasteiger partial charge is 0.330 e. The number of benzene rings is 1. The Morgan fingerprint density at radius 3 is 2.65 bits per heavy atom. The van der Waals surface area contributed by atoms with Gasteiger partial charge in [-0.25, -0.2) is 10.1 Å². The van der Waals surface area contributed by atoms with Crippen LogP contribution in [0.25, 0.3) is 11.3 Å². The number of H-pyrrole nitrogens is 1. The first-order valence-electron chi connectivity index (χ1n) is 8.52. The molecule has 3 aromatic rings. The van der Waals surface area contributed by atoms with Crippen molar-refractivity contribution in [1.29, 1.82) is 0 Å². The lowest BCUT2D eigenvalue weighted by Crippen LogP contribution is -2.46. The normalized spacial score (nSPS) is 13.9. The molecular weight excluding hydrogens is 350 g/mol. The maximum absolute atomic E-state index is 11.9. The average Bonchev–Trinajstić information content (AvgIpc) is 3.15. The summed E-state index contributed by atoms with van der Waals surface area (Å²) in [7, 11) is 0. The van der Waals surface area contributed by atoms with Crippen LogP contribution in [0.2, 0.25) is 0 Å². The highest BCUT2D eigenvalue weighted by Gasteiger charge is 2.22. The fraction of sp³-hybridized carbons (Fsp3) is 0.333. The van der Waals surface area contributed by atoms with Crippen LogP contribution < -0.4 is 16.0 Å². The molecule has 0 unspecified atom stereocenters. The van der Waals surface area contributed by atoms with Crippen LogP contribution in [-0.2, 0) is 13.1 Å². The van der Waals surface area contributed by atoms with E-state index < -0.39 is 11.1 Å². The van der Waals surface area contributed by atoms with Crippen LogP contribution in [0, 0.1) is 0 Å². The minimum atomic E-state index is -0.677. The zero-order valence-corrected chi connectivity index (χ0v) is 15.4. The molecule has 0 aliphatic carbocycles. The Balaban J connectivity index is 1.58. The van der Waals surface area contributed by atoms with Crippen molar-refractivity contribution in [2.24, 2.45) is 0 Å². The van der Waals surface area contributed by atoms with E-state index in [-0.39, 0.29) is 0 Å². The molecule has 4 rings (SSSR count). The van der Waals surface area contributed by atoms with Crippen LogP contribution >= 0.6 is 11.3 Å². The quantitative estimate of drug-likeness (QED) is 0.716. The summed E-state index contributed by atoms with van der Waals surface area (Å²) in [6.07, 6.45) is 0. The molecule has 1 aliphatic heterocycles. The molecule has 0 bridgehead atoms. The van der Waals surface area contributed by atoms with Crippen LogP contribution in [0.1, 0.15) is 31.2 Å². The molecule has 1 aliphatic rings. The molecule has 0 atom stereocenters. The number of nitrogens with one attached hydrogen (secondary N) is 1. The summed E-state index contributed by atoms with van der Waals surface area (Å²) in [6.45, 7) is 5.86. The predicted molar refractivity (Wildman–Crippen MR) is 102 cm³/mol. The van der Waals surface area contributed by atoms with E-state index in [9.17, 15) is 9.59 Å². The Morgan fingerprint density at radius 2 is 1.92 bits per heavy atom. The van der Waals surface area contributed by atoms with Crippen LogP contribution in [-0.4, -0.2) is 26.3 Å². The highest BCUT2D eigenvalue weighted by atomic mass is 32.1. The summed E-state index contributed by atoms with van der Waals surface area (Å²) in [5.41, 5.74) is 2.12. The summed E-state index contributed by atoms with van der Waals surface area (Å²) in [5, 5.41) is 9.20. The van der Waals surface area contributed by atoms with Gasteiger partial charge in [0.1, 0.15) is 0 Å². The van der Waals surface area contributed by atoms with Crippen LogP contribution in [0.3, 0.4) is 0 Å². The van der Waals surface area contributed by atoms with Gasteiger partial charge in [0.25, 0.3) is 0 Å². The van der Waals surface area contributed by atoms with Gasteiger partial charge in [-0.15, -0.1) is 11.3 Å². The maximum atomic E-state index is 11.9. The van der Waals surface area contributed by atoms with Crippen molar-refractivity contribution in [3.8, 4) is 11.3 Å². The van der Waals surface area contributed by atoms with Gasteiger partial charge in [0.05, 0.1) is 12.2 Å². The van der Waals surface area contributed by atoms with Crippen molar-refractivity contribution in [1.82, 2.24) is 19.7 Å². The van der Waals surface area contributed by atoms with E-state index in [1.165, 1.54) is 10.1 Å². The van der Waals surface area contributed by atoms with Gasteiger partial charge in [-0.1, -0.05) is 38.1 Å². The number of nitrogens with zero attached hydrogens (tertiary/aromatic N) is 4. The average molecular weight is 369 g/mol. The van der Waals surface area contributed by atoms with Gasteiger partial charge >= 0.3 is 11.1 Å². The van der Waals surface area contributed by atoms with E-state index in [0.717, 1.165) is 16.4 Å². The van der Waals surface area contributed by atoms with E-state index >= 15 is 0 Å². The first kappa shape index (κ1) is 16.7. The van der Waals surface area contributed by atoms with Gasteiger partial charge in [0.15, 0.2) is 11.0 Å². The Labute approximate surface area is 154 Å². The number of thiazole rings is 1. The molecule has 3 heterocycles. The summed E-state index contributed by atoms with van der Waals surface area (Å²) in [5.74, 6) is 1.06. The molecule has 134 valence electrons. The van der Waals surface area contributed by atoms with Gasteiger partial charge in [-0.2, -0.15) is 5.10 Å². The largest absolute Gasteiger partial charge is 0.339 e. The highest BCUT2D eigenvalue weighted by molar-refractivity contribution is 7.14. The van der Waals surface area contributed by atoms with Crippen LogP contribution in [0.5, 0.6) is 0 Å². The van der Waals surface area contributed by atoms with Crippen molar-refractivity contribution in [2.45, 2.75) is 32.9 Å². The van der Waals surface area contributed by atoms with E-state index in [1.807, 2.05) is 5.38 Å². The second-order valence-electron chi connectivity index (χ2n) is 6.64. The number of fused-ring (bicyclic) bond motifs is 1. The number of anilines is 1. The monoisotopic (exact) mass is 369 g/mol. The van der Waals surface area contributed by atoms with E-state index in [1.54, 1.807) is 11.3 Å². The molecule has 2 aromatic heterocycles. The molecule has 0 fully saturated rings. The zero-order valence-electron chi connectivity index (χ0n) is 14.6. The molecule has 1 N–H and O–H groups in total. The summed E-state index contributed by atoms with van der Waals surface area (Å²) >= 11 is 1.57. The molecule has 0 amide bonds. The topological polar surface area (TPSA) is 83.9 Å². The summed E-state index contributed by atoms with van der Waals surface area (Å²) < 4.78 is 1.44. The van der Waals surface area contributed by atoms with Crippen molar-refractivity contribution in [3.05, 3.63) is 61.7 Å². The first-order valence-corrected chi connectivity index (χ1v) is 9.40. The number of hydrogen-bond donors (Lipinski definition) is 1. The van der Waals surface area contributed by atoms with E-state index in [2.05, 4.69) is 53.2 Å². The first-order chi connectivity index (χ1) is 12.5. The number of rotatable bonds is 3. The van der Waals surface area contributed by atoms with Crippen molar-refractivity contribution < 1.29 is 0 Å². The minimum Gasteiger partial charge on any atom is -0.339 e. The van der Waals surface area contributed by atoms with Gasteiger partial charge < -0.3 is 4.90 Å². The Bertz CT molecular complexity index is 1050. The third-order valence-electron chi connectivity index (χ3n) is 4.60. The Kier molecular flexibility index (Phi) is 4.20. The molecule has 1 aromatic carbocycles. The van der Waals surface area contributed by atoms with Crippen LogP contribution in [0.15, 0.2) is 39.2 Å². The standard InChI is InChI=1S/C18H19N5O2S/c1-11(2)12-3-5-13(6-4-12)14-10-26-18(19-14)22-7-8-23-15(9-22)20-21-16(24)17(23)25/h3-6,10-11H,7-9H2,1-2H3,(H,21,24). The molecule has 26 heavy (non-hydrogen) atoms. The molecule has 7 nitrogen and oxygen atoms in total. The molecular formula is C18H19N5O2S. The lowest BCUT2D eigenvalue weighted by Gasteiger charge is -2.27. The maximum Gasteiger partial charge on any atom is 0.330 e. The van der Waals surface area contributed by atoms with Crippen molar-refractivity contribution >= 4 is 16.5 Å². The lowest BCUT2D eigenvalue weighted by atomic mass is 10.0. The zero-order chi connectivity index (χ0) is 18.3. The van der Waals surface area contributed by atoms with Gasteiger partial charge in [0, 0.05) is 24.0 Å². The Hall–Kier alpha value is -2.74. The van der Waals surface area contributed by atoms with Gasteiger partial charge in [0.2, 0.25) is 0 Å². The molecule has 0 saturated heterocycles. The second-order valence-corrected chi connectivity index (χ2v) is 7.48. The summed E-state index contributed by atoms with van der Waals surface area (Å²) in [4.78, 5) is 30.1. The van der Waals surface area contributed by atoms with Crippen LogP contribution in [0.4, 0.5) is 5.13 Å². The number of aromatic nitrogens is 4. The molecule has 0 saturated carbocycles. The highest BCUT2D eigenvalue weighted by Crippen LogP contribution is 2.29. The fourth-order valence-corrected chi connectivity index (χ4v) is 3.89. The third kappa shape index (κ3) is 2.96. The second kappa shape index (κ2) is 6.53. The third-order valence-corrected chi connectivity index (χ3v) is 5.50. The van der Waals surface area contributed by atoms with E-state index in [4.69, 9.17) is 4.98 Å². The van der Waals surface area contributed by atoms with Gasteiger partial charge in [-0.3, -0.25) is 14.2 Å². The van der Waals surface area contributed by atoms with Crippen molar-refractivity contribution in [3.63, 3.8) is 0 Å². The molecule has 0 spiro atoms.